The smallest absolute Gasteiger partial charge is 0.450 e. The summed E-state index contributed by atoms with van der Waals surface area (Å²) in [5.41, 5.74) is 0. The summed E-state index contributed by atoms with van der Waals surface area (Å²) >= 11 is 0. The number of hydrogen-bond acceptors (Lipinski definition) is 5. The predicted octanol–water partition coefficient (Wildman–Crippen LogP) is 0.469. The van der Waals surface area contributed by atoms with Gasteiger partial charge in [0.1, 0.15) is 0 Å². The lowest BCUT2D eigenvalue weighted by atomic mass is 10.4. The minimum Gasteiger partial charge on any atom is -0.450 e. The van der Waals surface area contributed by atoms with Gasteiger partial charge in [-0.05, 0) is 6.42 Å². The molecular formula is C9H20O6. The normalized spacial score (nSPS) is 9.00. The largest absolute Gasteiger partial charge is 0.505 e. The maximum Gasteiger partial charge on any atom is 0.505 e. The molecule has 0 aromatic rings. The van der Waals surface area contributed by atoms with Crippen LogP contribution in [0.15, 0.2) is 0 Å². The number of carboxylic acid groups (broad SMARTS) is 1. The number of unbranched alkanes of at least 4 members (excludes halogenated alkanes) is 1. The van der Waals surface area contributed by atoms with Crippen LogP contribution in [0.2, 0.25) is 0 Å². The zero-order valence-corrected chi connectivity index (χ0v) is 9.02. The lowest BCUT2D eigenvalue weighted by molar-refractivity contribution is 0.0650. The van der Waals surface area contributed by atoms with Crippen LogP contribution in [0.4, 0.5) is 4.79 Å². The average molecular weight is 224 g/mol. The molecule has 0 unspecified atom stereocenters. The standard InChI is InChI=1S/C5H10O3.C4H10O3/c1-2-3-4-8-5(6)7;5-1-3-7-4-2-6/h2-4H2,1H3,(H,6,7);5-6H,1-4H2. The number of aliphatic hydroxyl groups is 2. The second kappa shape index (κ2) is 15.6. The molecule has 0 rings (SSSR count). The summed E-state index contributed by atoms with van der Waals surface area (Å²) in [6, 6.07) is 0. The summed E-state index contributed by atoms with van der Waals surface area (Å²) in [5, 5.41) is 24.1. The molecule has 0 aliphatic rings. The molecule has 0 aromatic heterocycles. The second-order valence-corrected chi connectivity index (χ2v) is 2.53. The Morgan fingerprint density at radius 3 is 2.00 bits per heavy atom. The Hall–Kier alpha value is -0.850. The van der Waals surface area contributed by atoms with Crippen molar-refractivity contribution in [1.29, 1.82) is 0 Å². The van der Waals surface area contributed by atoms with Crippen molar-refractivity contribution >= 4 is 6.16 Å². The first-order valence-electron chi connectivity index (χ1n) is 4.84. The number of rotatable bonds is 7. The van der Waals surface area contributed by atoms with E-state index < -0.39 is 6.16 Å². The molecule has 0 aromatic carbocycles. The molecule has 0 aliphatic carbocycles. The van der Waals surface area contributed by atoms with E-state index in [4.69, 9.17) is 15.3 Å². The molecule has 6 heteroatoms. The molecular weight excluding hydrogens is 204 g/mol. The molecule has 0 heterocycles. The Balaban J connectivity index is 0. The van der Waals surface area contributed by atoms with Gasteiger partial charge in [-0.15, -0.1) is 0 Å². The van der Waals surface area contributed by atoms with Crippen LogP contribution >= 0.6 is 0 Å². The van der Waals surface area contributed by atoms with Crippen molar-refractivity contribution in [2.75, 3.05) is 33.0 Å². The van der Waals surface area contributed by atoms with Crippen molar-refractivity contribution in [3.63, 3.8) is 0 Å². The summed E-state index contributed by atoms with van der Waals surface area (Å²) in [5.74, 6) is 0. The summed E-state index contributed by atoms with van der Waals surface area (Å²) in [6.45, 7) is 3.00. The van der Waals surface area contributed by atoms with Gasteiger partial charge in [-0.1, -0.05) is 13.3 Å². The van der Waals surface area contributed by atoms with Gasteiger partial charge in [0.15, 0.2) is 0 Å². The van der Waals surface area contributed by atoms with E-state index in [0.29, 0.717) is 19.8 Å². The third kappa shape index (κ3) is 24.6. The highest BCUT2D eigenvalue weighted by molar-refractivity contribution is 5.56. The van der Waals surface area contributed by atoms with Gasteiger partial charge in [0.05, 0.1) is 33.0 Å². The topological polar surface area (TPSA) is 96.2 Å². The summed E-state index contributed by atoms with van der Waals surface area (Å²) in [4.78, 5) is 9.65. The summed E-state index contributed by atoms with van der Waals surface area (Å²) < 4.78 is 8.83. The zero-order chi connectivity index (χ0) is 11.9. The molecule has 0 saturated heterocycles. The van der Waals surface area contributed by atoms with Gasteiger partial charge in [-0.3, -0.25) is 0 Å². The predicted molar refractivity (Wildman–Crippen MR) is 53.9 cm³/mol. The van der Waals surface area contributed by atoms with Crippen LogP contribution in [0.25, 0.3) is 0 Å². The van der Waals surface area contributed by atoms with Crippen LogP contribution in [0.1, 0.15) is 19.8 Å². The summed E-state index contributed by atoms with van der Waals surface area (Å²) in [6.07, 6.45) is 0.595. The van der Waals surface area contributed by atoms with Crippen LogP contribution < -0.4 is 0 Å². The first-order chi connectivity index (χ1) is 7.18. The molecule has 0 fully saturated rings. The lowest BCUT2D eigenvalue weighted by Crippen LogP contribution is -2.03. The fourth-order valence-electron chi connectivity index (χ4n) is 0.535. The SMILES string of the molecule is CCCCOC(=O)O.OCCOCCO. The Morgan fingerprint density at radius 1 is 1.13 bits per heavy atom. The van der Waals surface area contributed by atoms with E-state index in [1.807, 2.05) is 6.92 Å². The fourth-order valence-corrected chi connectivity index (χ4v) is 0.535. The Bertz CT molecular complexity index is 124. The zero-order valence-electron chi connectivity index (χ0n) is 9.02. The van der Waals surface area contributed by atoms with E-state index in [2.05, 4.69) is 9.47 Å². The van der Waals surface area contributed by atoms with Gasteiger partial charge in [-0.2, -0.15) is 0 Å². The van der Waals surface area contributed by atoms with Crippen molar-refractivity contribution in [3.05, 3.63) is 0 Å². The van der Waals surface area contributed by atoms with E-state index in [9.17, 15) is 4.79 Å². The van der Waals surface area contributed by atoms with Crippen molar-refractivity contribution in [1.82, 2.24) is 0 Å². The quantitative estimate of drug-likeness (QED) is 0.429. The Morgan fingerprint density at radius 2 is 1.67 bits per heavy atom. The maximum absolute atomic E-state index is 9.65. The molecule has 0 aliphatic heterocycles. The van der Waals surface area contributed by atoms with Crippen molar-refractivity contribution < 1.29 is 29.6 Å². The minimum atomic E-state index is -1.18. The Kier molecular flexibility index (Phi) is 17.3. The molecule has 92 valence electrons. The van der Waals surface area contributed by atoms with Crippen LogP contribution in [0.5, 0.6) is 0 Å². The molecule has 0 saturated carbocycles. The van der Waals surface area contributed by atoms with E-state index >= 15 is 0 Å². The third-order valence-electron chi connectivity index (χ3n) is 1.19. The molecule has 3 N–H and O–H groups in total. The molecule has 0 radical (unpaired) electrons. The van der Waals surface area contributed by atoms with Crippen LogP contribution in [-0.4, -0.2) is 54.5 Å². The second-order valence-electron chi connectivity index (χ2n) is 2.53. The number of hydrogen-bond donors (Lipinski definition) is 3. The minimum absolute atomic E-state index is 0.0278. The monoisotopic (exact) mass is 224 g/mol. The van der Waals surface area contributed by atoms with Gasteiger partial charge < -0.3 is 24.8 Å². The first kappa shape index (κ1) is 16.6. The van der Waals surface area contributed by atoms with E-state index in [-0.39, 0.29) is 13.2 Å². The van der Waals surface area contributed by atoms with E-state index in [1.54, 1.807) is 0 Å². The highest BCUT2D eigenvalue weighted by Gasteiger charge is 1.91. The molecule has 0 amide bonds. The molecule has 6 nitrogen and oxygen atoms in total. The van der Waals surface area contributed by atoms with Gasteiger partial charge in [0, 0.05) is 0 Å². The number of ether oxygens (including phenoxy) is 2. The van der Waals surface area contributed by atoms with Crippen molar-refractivity contribution in [2.24, 2.45) is 0 Å². The molecule has 0 atom stereocenters. The van der Waals surface area contributed by atoms with Gasteiger partial charge in [0.25, 0.3) is 0 Å². The highest BCUT2D eigenvalue weighted by Crippen LogP contribution is 1.86. The van der Waals surface area contributed by atoms with Crippen molar-refractivity contribution in [3.8, 4) is 0 Å². The van der Waals surface area contributed by atoms with E-state index in [1.165, 1.54) is 0 Å². The number of carbonyl (C=O) groups is 1. The van der Waals surface area contributed by atoms with Gasteiger partial charge >= 0.3 is 6.16 Å². The van der Waals surface area contributed by atoms with Crippen LogP contribution in [0.3, 0.4) is 0 Å². The highest BCUT2D eigenvalue weighted by atomic mass is 16.7. The molecule has 15 heavy (non-hydrogen) atoms. The van der Waals surface area contributed by atoms with E-state index in [0.717, 1.165) is 12.8 Å². The van der Waals surface area contributed by atoms with Crippen LogP contribution in [0, 0.1) is 0 Å². The van der Waals surface area contributed by atoms with Gasteiger partial charge in [0.2, 0.25) is 0 Å². The van der Waals surface area contributed by atoms with Gasteiger partial charge in [-0.25, -0.2) is 4.79 Å². The van der Waals surface area contributed by atoms with Crippen LogP contribution in [-0.2, 0) is 9.47 Å². The molecule has 0 spiro atoms. The average Bonchev–Trinajstić information content (AvgIpc) is 2.20. The molecule has 0 bridgehead atoms. The third-order valence-corrected chi connectivity index (χ3v) is 1.19. The number of aliphatic hydroxyl groups excluding tert-OH is 2. The Labute approximate surface area is 89.4 Å². The lowest BCUT2D eigenvalue weighted by Gasteiger charge is -1.94. The first-order valence-corrected chi connectivity index (χ1v) is 4.84. The van der Waals surface area contributed by atoms with Crippen molar-refractivity contribution in [2.45, 2.75) is 19.8 Å². The summed E-state index contributed by atoms with van der Waals surface area (Å²) in [7, 11) is 0. The fraction of sp³-hybridized carbons (Fsp3) is 0.889. The maximum atomic E-state index is 9.65.